The minimum absolute atomic E-state index is 0.338. The van der Waals surface area contributed by atoms with Gasteiger partial charge in [0.15, 0.2) is 5.15 Å². The number of nitrogens with zero attached hydrogens (tertiary/aromatic N) is 2. The third-order valence-electron chi connectivity index (χ3n) is 4.22. The van der Waals surface area contributed by atoms with Crippen LogP contribution in [0.1, 0.15) is 11.1 Å². The zero-order chi connectivity index (χ0) is 16.7. The molecule has 0 aliphatic rings. The van der Waals surface area contributed by atoms with Gasteiger partial charge in [-0.3, -0.25) is 0 Å². The van der Waals surface area contributed by atoms with Gasteiger partial charge in [-0.2, -0.15) is 0 Å². The van der Waals surface area contributed by atoms with E-state index in [1.807, 2.05) is 4.57 Å². The zero-order valence-corrected chi connectivity index (χ0v) is 15.7. The number of fused-ring (bicyclic) bond motifs is 2. The number of aromatic nitrogens is 2. The van der Waals surface area contributed by atoms with Crippen molar-refractivity contribution in [3.63, 3.8) is 0 Å². The van der Waals surface area contributed by atoms with Crippen molar-refractivity contribution in [2.45, 2.75) is 11.9 Å². The van der Waals surface area contributed by atoms with Gasteiger partial charge in [-0.15, -0.1) is 0 Å². The Morgan fingerprint density at radius 3 is 2.58 bits per heavy atom. The molecular formula is C19H13BrCl2N2. The molecular weight excluding hydrogens is 407 g/mol. The number of alkyl halides is 1. The van der Waals surface area contributed by atoms with E-state index in [0.717, 1.165) is 5.33 Å². The predicted molar refractivity (Wildman–Crippen MR) is 105 cm³/mol. The largest absolute Gasteiger partial charge is 0.316 e. The van der Waals surface area contributed by atoms with Crippen LogP contribution < -0.4 is 0 Å². The zero-order valence-electron chi connectivity index (χ0n) is 12.6. The molecule has 4 rings (SSSR count). The van der Waals surface area contributed by atoms with Crippen molar-refractivity contribution in [2.75, 3.05) is 0 Å². The molecule has 1 aromatic heterocycles. The van der Waals surface area contributed by atoms with E-state index < -0.39 is 0 Å². The molecule has 24 heavy (non-hydrogen) atoms. The monoisotopic (exact) mass is 418 g/mol. The van der Waals surface area contributed by atoms with E-state index in [1.165, 1.54) is 32.7 Å². The summed E-state index contributed by atoms with van der Waals surface area (Å²) in [5, 5.41) is 6.59. The van der Waals surface area contributed by atoms with E-state index in [2.05, 4.69) is 69.4 Å². The highest BCUT2D eigenvalue weighted by molar-refractivity contribution is 9.08. The van der Waals surface area contributed by atoms with Crippen molar-refractivity contribution in [3.8, 4) is 0 Å². The Morgan fingerprint density at radius 2 is 1.83 bits per heavy atom. The highest BCUT2D eigenvalue weighted by Gasteiger charge is 2.09. The lowest BCUT2D eigenvalue weighted by Crippen LogP contribution is -1.99. The van der Waals surface area contributed by atoms with Gasteiger partial charge in [-0.05, 0) is 44.8 Å². The fourth-order valence-corrected chi connectivity index (χ4v) is 3.65. The lowest BCUT2D eigenvalue weighted by Gasteiger charge is -2.10. The van der Waals surface area contributed by atoms with Crippen LogP contribution in [0.5, 0.6) is 0 Å². The molecule has 4 aromatic rings. The van der Waals surface area contributed by atoms with Crippen molar-refractivity contribution in [3.05, 3.63) is 76.3 Å². The number of hydrogen-bond acceptors (Lipinski definition) is 1. The minimum atomic E-state index is 0.338. The molecule has 0 N–H and O–H groups in total. The number of imidazole rings is 1. The fourth-order valence-electron chi connectivity index (χ4n) is 3.00. The maximum Gasteiger partial charge on any atom is 0.166 e. The molecule has 0 saturated carbocycles. The summed E-state index contributed by atoms with van der Waals surface area (Å²) in [5.74, 6) is 0. The molecule has 0 atom stereocenters. The van der Waals surface area contributed by atoms with E-state index in [4.69, 9.17) is 23.2 Å². The summed E-state index contributed by atoms with van der Waals surface area (Å²) in [6.07, 6.45) is 1.67. The number of halogens is 3. The fraction of sp³-hybridized carbons (Fsp3) is 0.105. The molecule has 0 amide bonds. The molecule has 0 radical (unpaired) electrons. The molecule has 0 spiro atoms. The Hall–Kier alpha value is -1.55. The lowest BCUT2D eigenvalue weighted by atomic mass is 9.98. The van der Waals surface area contributed by atoms with Crippen LogP contribution in [-0.4, -0.2) is 9.55 Å². The first-order chi connectivity index (χ1) is 11.7. The second-order valence-corrected chi connectivity index (χ2v) is 7.04. The minimum Gasteiger partial charge on any atom is -0.316 e. The third-order valence-corrected chi connectivity index (χ3v) is 5.64. The van der Waals surface area contributed by atoms with E-state index >= 15 is 0 Å². The summed E-state index contributed by atoms with van der Waals surface area (Å²) >= 11 is 15.7. The normalized spacial score (nSPS) is 11.5. The van der Waals surface area contributed by atoms with Gasteiger partial charge < -0.3 is 4.57 Å². The summed E-state index contributed by atoms with van der Waals surface area (Å²) in [7, 11) is 0. The molecule has 0 aliphatic heterocycles. The summed E-state index contributed by atoms with van der Waals surface area (Å²) in [4.78, 5) is 4.05. The maximum absolute atomic E-state index is 6.20. The van der Waals surface area contributed by atoms with Crippen molar-refractivity contribution >= 4 is 60.7 Å². The van der Waals surface area contributed by atoms with Gasteiger partial charge in [0, 0.05) is 5.33 Å². The van der Waals surface area contributed by atoms with Gasteiger partial charge in [0.2, 0.25) is 0 Å². The molecule has 120 valence electrons. The molecule has 0 unspecified atom stereocenters. The van der Waals surface area contributed by atoms with Crippen molar-refractivity contribution in [1.29, 1.82) is 0 Å². The topological polar surface area (TPSA) is 17.8 Å². The molecule has 2 nitrogen and oxygen atoms in total. The van der Waals surface area contributed by atoms with Gasteiger partial charge in [0.25, 0.3) is 0 Å². The standard InChI is InChI=1S/C19H13BrCl2N2/c20-9-12-4-5-13-8-17-14(7-16(13)6-12)2-1-3-15(17)10-24-11-23-18(21)19(24)22/h1-8,11H,9-10H2. The first-order valence-corrected chi connectivity index (χ1v) is 9.40. The Balaban J connectivity index is 1.87. The summed E-state index contributed by atoms with van der Waals surface area (Å²) in [6, 6.07) is 17.4. The number of benzene rings is 3. The van der Waals surface area contributed by atoms with E-state index in [-0.39, 0.29) is 0 Å². The van der Waals surface area contributed by atoms with Crippen LogP contribution in [0.4, 0.5) is 0 Å². The number of rotatable bonds is 3. The maximum atomic E-state index is 6.20. The first-order valence-electron chi connectivity index (χ1n) is 7.52. The molecule has 1 heterocycles. The Labute approximate surface area is 158 Å². The summed E-state index contributed by atoms with van der Waals surface area (Å²) < 4.78 is 1.86. The van der Waals surface area contributed by atoms with Crippen molar-refractivity contribution in [1.82, 2.24) is 9.55 Å². The average molecular weight is 420 g/mol. The Bertz CT molecular complexity index is 1060. The van der Waals surface area contributed by atoms with Crippen LogP contribution in [0.25, 0.3) is 21.5 Å². The van der Waals surface area contributed by atoms with Crippen molar-refractivity contribution in [2.24, 2.45) is 0 Å². The van der Waals surface area contributed by atoms with Gasteiger partial charge in [0.1, 0.15) is 5.15 Å². The molecule has 0 bridgehead atoms. The highest BCUT2D eigenvalue weighted by atomic mass is 79.9. The smallest absolute Gasteiger partial charge is 0.166 e. The molecule has 0 saturated heterocycles. The van der Waals surface area contributed by atoms with Crippen LogP contribution in [0.2, 0.25) is 10.3 Å². The van der Waals surface area contributed by atoms with E-state index in [1.54, 1.807) is 6.33 Å². The molecule has 3 aromatic carbocycles. The highest BCUT2D eigenvalue weighted by Crippen LogP contribution is 2.28. The third kappa shape index (κ3) is 2.81. The van der Waals surface area contributed by atoms with E-state index in [9.17, 15) is 0 Å². The lowest BCUT2D eigenvalue weighted by molar-refractivity contribution is 0.803. The Morgan fingerprint density at radius 1 is 0.958 bits per heavy atom. The van der Waals surface area contributed by atoms with Crippen LogP contribution in [0.3, 0.4) is 0 Å². The molecule has 0 aliphatic carbocycles. The second-order valence-electron chi connectivity index (χ2n) is 5.76. The number of hydrogen-bond donors (Lipinski definition) is 0. The first kappa shape index (κ1) is 15.9. The SMILES string of the molecule is Clc1ncn(Cc2cccc3cc4cc(CBr)ccc4cc23)c1Cl. The van der Waals surface area contributed by atoms with Crippen LogP contribution in [-0.2, 0) is 11.9 Å². The Kier molecular flexibility index (Phi) is 4.25. The average Bonchev–Trinajstić information content (AvgIpc) is 2.92. The van der Waals surface area contributed by atoms with Gasteiger partial charge in [-0.25, -0.2) is 4.98 Å². The van der Waals surface area contributed by atoms with Gasteiger partial charge in [0.05, 0.1) is 12.9 Å². The molecule has 5 heteroatoms. The van der Waals surface area contributed by atoms with Crippen molar-refractivity contribution < 1.29 is 0 Å². The van der Waals surface area contributed by atoms with E-state index in [0.29, 0.717) is 16.9 Å². The molecule has 0 fully saturated rings. The summed E-state index contributed by atoms with van der Waals surface area (Å²) in [6.45, 7) is 0.640. The van der Waals surface area contributed by atoms with Crippen LogP contribution in [0, 0.1) is 0 Å². The van der Waals surface area contributed by atoms with Gasteiger partial charge >= 0.3 is 0 Å². The van der Waals surface area contributed by atoms with Crippen LogP contribution >= 0.6 is 39.1 Å². The summed E-state index contributed by atoms with van der Waals surface area (Å²) in [5.41, 5.74) is 2.47. The predicted octanol–water partition coefficient (Wildman–Crippen LogP) is 6.44. The van der Waals surface area contributed by atoms with Crippen LogP contribution in [0.15, 0.2) is 54.9 Å². The quantitative estimate of drug-likeness (QED) is 0.276. The second kappa shape index (κ2) is 6.40. The van der Waals surface area contributed by atoms with Gasteiger partial charge in [-0.1, -0.05) is 75.5 Å².